The van der Waals surface area contributed by atoms with Crippen molar-refractivity contribution >= 4 is 11.9 Å². The molecular formula is C14H25NO3. The van der Waals surface area contributed by atoms with Crippen molar-refractivity contribution in [1.29, 1.82) is 0 Å². The highest BCUT2D eigenvalue weighted by atomic mass is 16.6. The lowest BCUT2D eigenvalue weighted by Gasteiger charge is -2.31. The molecular weight excluding hydrogens is 230 g/mol. The highest BCUT2D eigenvalue weighted by Gasteiger charge is 2.44. The Morgan fingerprint density at radius 1 is 1.39 bits per heavy atom. The molecule has 4 heteroatoms. The van der Waals surface area contributed by atoms with Crippen molar-refractivity contribution in [3.8, 4) is 0 Å². The second-order valence-electron chi connectivity index (χ2n) is 6.29. The molecule has 0 aromatic rings. The van der Waals surface area contributed by atoms with Crippen LogP contribution in [0.3, 0.4) is 0 Å². The molecule has 18 heavy (non-hydrogen) atoms. The van der Waals surface area contributed by atoms with E-state index in [1.807, 2.05) is 34.6 Å². The molecule has 0 aliphatic heterocycles. The van der Waals surface area contributed by atoms with Gasteiger partial charge in [-0.25, -0.2) is 4.79 Å². The molecule has 104 valence electrons. The third kappa shape index (κ3) is 3.47. The summed E-state index contributed by atoms with van der Waals surface area (Å²) in [5.74, 6) is 0.223. The quantitative estimate of drug-likeness (QED) is 0.843. The van der Waals surface area contributed by atoms with E-state index < -0.39 is 17.1 Å². The molecule has 1 N–H and O–H groups in total. The molecule has 0 heterocycles. The van der Waals surface area contributed by atoms with Gasteiger partial charge in [-0.3, -0.25) is 4.79 Å². The first-order valence-corrected chi connectivity index (χ1v) is 6.72. The highest BCUT2D eigenvalue weighted by Crippen LogP contribution is 2.39. The average Bonchev–Trinajstić information content (AvgIpc) is 2.57. The van der Waals surface area contributed by atoms with Gasteiger partial charge in [-0.15, -0.1) is 0 Å². The fourth-order valence-corrected chi connectivity index (χ4v) is 2.59. The van der Waals surface area contributed by atoms with E-state index in [0.29, 0.717) is 6.42 Å². The van der Waals surface area contributed by atoms with Crippen LogP contribution >= 0.6 is 0 Å². The fraction of sp³-hybridized carbons (Fsp3) is 0.857. The minimum atomic E-state index is -0.506. The lowest BCUT2D eigenvalue weighted by atomic mass is 9.79. The fourth-order valence-electron chi connectivity index (χ4n) is 2.59. The van der Waals surface area contributed by atoms with E-state index in [9.17, 15) is 9.59 Å². The summed E-state index contributed by atoms with van der Waals surface area (Å²) in [6.07, 6.45) is 2.76. The van der Waals surface area contributed by atoms with Crippen LogP contribution in [-0.4, -0.2) is 23.5 Å². The molecule has 2 unspecified atom stereocenters. The molecule has 0 spiro atoms. The van der Waals surface area contributed by atoms with Crippen LogP contribution < -0.4 is 5.32 Å². The van der Waals surface area contributed by atoms with Crippen LogP contribution in [0.15, 0.2) is 0 Å². The Kier molecular flexibility index (Phi) is 4.41. The topological polar surface area (TPSA) is 55.4 Å². The average molecular weight is 255 g/mol. The van der Waals surface area contributed by atoms with Crippen LogP contribution in [0.1, 0.15) is 60.3 Å². The van der Waals surface area contributed by atoms with Crippen LogP contribution in [0.2, 0.25) is 0 Å². The number of alkyl carbamates (subject to hydrolysis) is 1. The maximum absolute atomic E-state index is 12.0. The molecule has 2 atom stereocenters. The molecule has 1 aliphatic carbocycles. The van der Waals surface area contributed by atoms with Crippen molar-refractivity contribution in [3.63, 3.8) is 0 Å². The van der Waals surface area contributed by atoms with Crippen LogP contribution in [0.5, 0.6) is 0 Å². The Balaban J connectivity index is 2.66. The number of ketones is 1. The number of Topliss-reactive ketones (excluding diaryl/α,β-unsaturated/α-hetero) is 1. The molecule has 0 aromatic carbocycles. The lowest BCUT2D eigenvalue weighted by Crippen LogP contribution is -2.48. The van der Waals surface area contributed by atoms with Crippen molar-refractivity contribution in [2.75, 3.05) is 0 Å². The van der Waals surface area contributed by atoms with Crippen LogP contribution in [-0.2, 0) is 9.53 Å². The zero-order valence-electron chi connectivity index (χ0n) is 12.1. The third-order valence-corrected chi connectivity index (χ3v) is 3.61. The van der Waals surface area contributed by atoms with Gasteiger partial charge in [-0.05, 0) is 33.6 Å². The molecule has 1 aliphatic rings. The molecule has 1 fully saturated rings. The largest absolute Gasteiger partial charge is 0.444 e. The molecule has 1 amide bonds. The monoisotopic (exact) mass is 255 g/mol. The van der Waals surface area contributed by atoms with Gasteiger partial charge in [0.25, 0.3) is 0 Å². The Morgan fingerprint density at radius 3 is 2.50 bits per heavy atom. The normalized spacial score (nSPS) is 27.9. The molecule has 4 nitrogen and oxygen atoms in total. The first-order chi connectivity index (χ1) is 8.19. The van der Waals surface area contributed by atoms with E-state index >= 15 is 0 Å². The molecule has 1 saturated carbocycles. The summed E-state index contributed by atoms with van der Waals surface area (Å²) in [4.78, 5) is 23.8. The Hall–Kier alpha value is -1.06. The summed E-state index contributed by atoms with van der Waals surface area (Å²) >= 11 is 0. The van der Waals surface area contributed by atoms with E-state index in [1.54, 1.807) is 0 Å². The van der Waals surface area contributed by atoms with E-state index in [4.69, 9.17) is 4.74 Å². The zero-order chi connectivity index (χ0) is 14.0. The second-order valence-corrected chi connectivity index (χ2v) is 6.29. The van der Waals surface area contributed by atoms with Gasteiger partial charge in [0.1, 0.15) is 11.4 Å². The number of hydrogen-bond acceptors (Lipinski definition) is 3. The molecule has 1 rings (SSSR count). The molecule has 0 radical (unpaired) electrons. The van der Waals surface area contributed by atoms with Gasteiger partial charge >= 0.3 is 6.09 Å². The minimum absolute atomic E-state index is 0.0974. The Bertz CT molecular complexity index is 332. The van der Waals surface area contributed by atoms with Gasteiger partial charge in [0.15, 0.2) is 0 Å². The predicted octanol–water partition coefficient (Wildman–Crippen LogP) is 3.05. The second kappa shape index (κ2) is 5.29. The predicted molar refractivity (Wildman–Crippen MR) is 70.4 cm³/mol. The maximum atomic E-state index is 12.0. The summed E-state index contributed by atoms with van der Waals surface area (Å²) < 4.78 is 5.25. The van der Waals surface area contributed by atoms with Gasteiger partial charge in [-0.2, -0.15) is 0 Å². The van der Waals surface area contributed by atoms with Crippen molar-refractivity contribution in [3.05, 3.63) is 0 Å². The van der Waals surface area contributed by atoms with Gasteiger partial charge in [-0.1, -0.05) is 20.3 Å². The minimum Gasteiger partial charge on any atom is -0.444 e. The maximum Gasteiger partial charge on any atom is 0.407 e. The standard InChI is InChI=1S/C14H25NO3/c1-6-11(16)14(5)9-7-8-10(14)15-12(17)18-13(2,3)4/h10H,6-9H2,1-5H3,(H,15,17). The SMILES string of the molecule is CCC(=O)C1(C)CCCC1NC(=O)OC(C)(C)C. The summed E-state index contributed by atoms with van der Waals surface area (Å²) in [6, 6.07) is -0.0974. The van der Waals surface area contributed by atoms with Gasteiger partial charge in [0.2, 0.25) is 0 Å². The van der Waals surface area contributed by atoms with Crippen LogP contribution in [0.25, 0.3) is 0 Å². The van der Waals surface area contributed by atoms with Crippen LogP contribution in [0, 0.1) is 5.41 Å². The highest BCUT2D eigenvalue weighted by molar-refractivity contribution is 5.86. The zero-order valence-corrected chi connectivity index (χ0v) is 12.1. The van der Waals surface area contributed by atoms with Crippen molar-refractivity contribution in [1.82, 2.24) is 5.32 Å². The number of rotatable bonds is 3. The summed E-state index contributed by atoms with van der Waals surface area (Å²) in [5.41, 5.74) is -0.931. The van der Waals surface area contributed by atoms with Gasteiger partial charge in [0.05, 0.1) is 0 Å². The first kappa shape index (κ1) is 15.0. The Labute approximate surface area is 109 Å². The number of carbonyl (C=O) groups is 2. The summed E-state index contributed by atoms with van der Waals surface area (Å²) in [5, 5.41) is 2.86. The number of nitrogens with one attached hydrogen (secondary N) is 1. The number of hydrogen-bond donors (Lipinski definition) is 1. The van der Waals surface area contributed by atoms with Gasteiger partial charge < -0.3 is 10.1 Å². The van der Waals surface area contributed by atoms with Crippen molar-refractivity contribution in [2.24, 2.45) is 5.41 Å². The Morgan fingerprint density at radius 2 is 2.00 bits per heavy atom. The summed E-state index contributed by atoms with van der Waals surface area (Å²) in [7, 11) is 0. The van der Waals surface area contributed by atoms with Crippen LogP contribution in [0.4, 0.5) is 4.79 Å². The molecule has 0 bridgehead atoms. The van der Waals surface area contributed by atoms with E-state index in [0.717, 1.165) is 19.3 Å². The smallest absolute Gasteiger partial charge is 0.407 e. The number of carbonyl (C=O) groups excluding carboxylic acids is 2. The third-order valence-electron chi connectivity index (χ3n) is 3.61. The lowest BCUT2D eigenvalue weighted by molar-refractivity contribution is -0.128. The van der Waals surface area contributed by atoms with Crippen molar-refractivity contribution < 1.29 is 14.3 Å². The molecule has 0 aromatic heterocycles. The van der Waals surface area contributed by atoms with E-state index in [1.165, 1.54) is 0 Å². The summed E-state index contributed by atoms with van der Waals surface area (Å²) in [6.45, 7) is 9.32. The van der Waals surface area contributed by atoms with E-state index in [2.05, 4.69) is 5.32 Å². The van der Waals surface area contributed by atoms with Gasteiger partial charge in [0, 0.05) is 17.9 Å². The number of ether oxygens (including phenoxy) is 1. The molecule has 0 saturated heterocycles. The first-order valence-electron chi connectivity index (χ1n) is 6.72. The van der Waals surface area contributed by atoms with E-state index in [-0.39, 0.29) is 11.8 Å². The van der Waals surface area contributed by atoms with Crippen molar-refractivity contribution in [2.45, 2.75) is 71.9 Å². The number of amides is 1.